The van der Waals surface area contributed by atoms with E-state index in [1.54, 1.807) is 17.4 Å². The first-order valence-corrected chi connectivity index (χ1v) is 13.4. The number of aromatic nitrogens is 1. The molecular formula is C29H24N4OS2. The van der Waals surface area contributed by atoms with E-state index in [1.165, 1.54) is 24.2 Å². The van der Waals surface area contributed by atoms with Crippen LogP contribution in [0.1, 0.15) is 37.5 Å². The molecule has 0 radical (unpaired) electrons. The quantitative estimate of drug-likeness (QED) is 0.159. The molecule has 0 aliphatic heterocycles. The highest BCUT2D eigenvalue weighted by molar-refractivity contribution is 7.16. The van der Waals surface area contributed by atoms with Crippen molar-refractivity contribution in [1.82, 2.24) is 4.57 Å². The molecule has 7 heteroatoms. The molecule has 36 heavy (non-hydrogen) atoms. The average molecular weight is 509 g/mol. The van der Waals surface area contributed by atoms with Crippen molar-refractivity contribution in [2.45, 2.75) is 32.6 Å². The molecule has 0 bridgehead atoms. The number of ether oxygens (including phenoxy) is 1. The summed E-state index contributed by atoms with van der Waals surface area (Å²) in [6.07, 6.45) is 4.54. The minimum atomic E-state index is -0.178. The number of rotatable bonds is 10. The van der Waals surface area contributed by atoms with Crippen molar-refractivity contribution in [1.29, 1.82) is 15.8 Å². The second-order valence-electron chi connectivity index (χ2n) is 8.04. The number of nitriles is 3. The third-order valence-corrected chi connectivity index (χ3v) is 7.72. The van der Waals surface area contributed by atoms with E-state index in [-0.39, 0.29) is 11.1 Å². The van der Waals surface area contributed by atoms with Crippen molar-refractivity contribution < 1.29 is 4.74 Å². The Kier molecular flexibility index (Phi) is 8.37. The van der Waals surface area contributed by atoms with Gasteiger partial charge in [-0.2, -0.15) is 15.8 Å². The van der Waals surface area contributed by atoms with Crippen LogP contribution in [0, 0.1) is 34.0 Å². The van der Waals surface area contributed by atoms with Gasteiger partial charge in [-0.1, -0.05) is 44.4 Å². The number of hydrogen-bond donors (Lipinski definition) is 0. The molecule has 0 aliphatic rings. The van der Waals surface area contributed by atoms with Gasteiger partial charge >= 0.3 is 0 Å². The highest BCUT2D eigenvalue weighted by atomic mass is 32.1. The number of nitrogens with zero attached hydrogens (tertiary/aromatic N) is 4. The first-order chi connectivity index (χ1) is 17.7. The lowest BCUT2D eigenvalue weighted by Gasteiger charge is -2.17. The summed E-state index contributed by atoms with van der Waals surface area (Å²) in [5.74, 6) is 0.815. The van der Waals surface area contributed by atoms with Crippen molar-refractivity contribution in [2.75, 3.05) is 6.61 Å². The maximum absolute atomic E-state index is 9.60. The molecule has 178 valence electrons. The minimum Gasteiger partial charge on any atom is -0.491 e. The molecular weight excluding hydrogens is 484 g/mol. The van der Waals surface area contributed by atoms with E-state index in [4.69, 9.17) is 4.74 Å². The molecule has 3 heterocycles. The molecule has 0 atom stereocenters. The molecule has 0 amide bonds. The summed E-state index contributed by atoms with van der Waals surface area (Å²) in [6.45, 7) is 2.86. The van der Waals surface area contributed by atoms with Gasteiger partial charge in [0.25, 0.3) is 0 Å². The van der Waals surface area contributed by atoms with Crippen molar-refractivity contribution in [2.24, 2.45) is 0 Å². The third-order valence-electron chi connectivity index (χ3n) is 5.71. The Morgan fingerprint density at radius 1 is 0.833 bits per heavy atom. The summed E-state index contributed by atoms with van der Waals surface area (Å²) < 4.78 is 8.44. The van der Waals surface area contributed by atoms with E-state index in [2.05, 4.69) is 41.1 Å². The van der Waals surface area contributed by atoms with E-state index in [0.29, 0.717) is 11.5 Å². The normalized spacial score (nSPS) is 10.3. The monoisotopic (exact) mass is 508 g/mol. The molecule has 0 aliphatic carbocycles. The summed E-state index contributed by atoms with van der Waals surface area (Å²) in [5.41, 5.74) is 2.86. The van der Waals surface area contributed by atoms with Crippen LogP contribution < -0.4 is 4.74 Å². The van der Waals surface area contributed by atoms with Gasteiger partial charge in [-0.3, -0.25) is 0 Å². The van der Waals surface area contributed by atoms with E-state index in [1.807, 2.05) is 48.5 Å². The van der Waals surface area contributed by atoms with Gasteiger partial charge < -0.3 is 9.30 Å². The topological polar surface area (TPSA) is 85.5 Å². The second kappa shape index (κ2) is 12.0. The SMILES string of the molecule is CCCCCCOc1ccccc1-n1c(-c2cccs2)ccc1-c1ccc(C(C#N)=C(C#N)C#N)s1. The number of hydrogen-bond acceptors (Lipinski definition) is 6. The number of benzene rings is 1. The maximum Gasteiger partial charge on any atom is 0.148 e. The molecule has 5 nitrogen and oxygen atoms in total. The van der Waals surface area contributed by atoms with Gasteiger partial charge in [-0.05, 0) is 54.3 Å². The Labute approximate surface area is 219 Å². The zero-order chi connectivity index (χ0) is 25.3. The highest BCUT2D eigenvalue weighted by Crippen LogP contribution is 2.40. The van der Waals surface area contributed by atoms with Crippen molar-refractivity contribution in [3.63, 3.8) is 0 Å². The highest BCUT2D eigenvalue weighted by Gasteiger charge is 2.20. The lowest BCUT2D eigenvalue weighted by molar-refractivity contribution is 0.304. The lowest BCUT2D eigenvalue weighted by atomic mass is 10.1. The van der Waals surface area contributed by atoms with Crippen LogP contribution >= 0.6 is 22.7 Å². The van der Waals surface area contributed by atoms with Gasteiger partial charge in [0.05, 0.1) is 39.0 Å². The largest absolute Gasteiger partial charge is 0.491 e. The summed E-state index contributed by atoms with van der Waals surface area (Å²) in [5, 5.41) is 30.2. The molecule has 0 N–H and O–H groups in total. The molecule has 4 rings (SSSR count). The number of thiophene rings is 2. The molecule has 0 saturated carbocycles. The van der Waals surface area contributed by atoms with Crippen LogP contribution in [0.4, 0.5) is 0 Å². The predicted molar refractivity (Wildman–Crippen MR) is 146 cm³/mol. The fraction of sp³-hybridized carbons (Fsp3) is 0.207. The van der Waals surface area contributed by atoms with Crippen LogP contribution in [0.25, 0.3) is 32.4 Å². The molecule has 1 aromatic carbocycles. The van der Waals surface area contributed by atoms with Gasteiger partial charge in [-0.25, -0.2) is 0 Å². The summed E-state index contributed by atoms with van der Waals surface area (Å²) in [4.78, 5) is 2.65. The van der Waals surface area contributed by atoms with E-state index >= 15 is 0 Å². The lowest BCUT2D eigenvalue weighted by Crippen LogP contribution is -2.04. The first kappa shape index (κ1) is 25.0. The Balaban J connectivity index is 1.80. The Morgan fingerprint density at radius 3 is 2.31 bits per heavy atom. The molecule has 4 aromatic rings. The minimum absolute atomic E-state index is 0.101. The zero-order valence-corrected chi connectivity index (χ0v) is 21.5. The number of para-hydroxylation sites is 2. The Hall–Kier alpha value is -4.09. The third kappa shape index (κ3) is 5.26. The van der Waals surface area contributed by atoms with Crippen LogP contribution in [0.3, 0.4) is 0 Å². The van der Waals surface area contributed by atoms with Gasteiger partial charge in [0, 0.05) is 4.88 Å². The average Bonchev–Trinajstić information content (AvgIpc) is 3.68. The van der Waals surface area contributed by atoms with Crippen molar-refractivity contribution >= 4 is 28.2 Å². The van der Waals surface area contributed by atoms with E-state index in [9.17, 15) is 15.8 Å². The van der Waals surface area contributed by atoms with Gasteiger partial charge in [0.2, 0.25) is 0 Å². The molecule has 0 unspecified atom stereocenters. The van der Waals surface area contributed by atoms with Crippen LogP contribution in [0.15, 0.2) is 71.6 Å². The number of unbranched alkanes of at least 4 members (excludes halogenated alkanes) is 3. The number of allylic oxidation sites excluding steroid dienone is 2. The molecule has 0 fully saturated rings. The van der Waals surface area contributed by atoms with Crippen LogP contribution in [-0.4, -0.2) is 11.2 Å². The summed E-state index contributed by atoms with van der Waals surface area (Å²) >= 11 is 3.06. The molecule has 0 saturated heterocycles. The van der Waals surface area contributed by atoms with E-state index in [0.717, 1.165) is 45.4 Å². The van der Waals surface area contributed by atoms with E-state index < -0.39 is 0 Å². The summed E-state index contributed by atoms with van der Waals surface area (Å²) in [6, 6.07) is 25.7. The predicted octanol–water partition coefficient (Wildman–Crippen LogP) is 8.22. The fourth-order valence-electron chi connectivity index (χ4n) is 3.96. The Bertz CT molecular complexity index is 1470. The first-order valence-electron chi connectivity index (χ1n) is 11.7. The second-order valence-corrected chi connectivity index (χ2v) is 10.1. The van der Waals surface area contributed by atoms with Gasteiger partial charge in [0.1, 0.15) is 29.5 Å². The Morgan fingerprint density at radius 2 is 1.61 bits per heavy atom. The van der Waals surface area contributed by atoms with Gasteiger partial charge in [-0.15, -0.1) is 22.7 Å². The van der Waals surface area contributed by atoms with Crippen molar-refractivity contribution in [3.8, 4) is 50.8 Å². The van der Waals surface area contributed by atoms with Crippen molar-refractivity contribution in [3.05, 3.63) is 76.5 Å². The zero-order valence-electron chi connectivity index (χ0n) is 19.9. The summed E-state index contributed by atoms with van der Waals surface area (Å²) in [7, 11) is 0. The van der Waals surface area contributed by atoms with Gasteiger partial charge in [0.15, 0.2) is 0 Å². The van der Waals surface area contributed by atoms with Crippen LogP contribution in [-0.2, 0) is 0 Å². The smallest absolute Gasteiger partial charge is 0.148 e. The van der Waals surface area contributed by atoms with Crippen LogP contribution in [0.2, 0.25) is 0 Å². The van der Waals surface area contributed by atoms with Crippen LogP contribution in [0.5, 0.6) is 5.75 Å². The fourth-order valence-corrected chi connectivity index (χ4v) is 5.72. The maximum atomic E-state index is 9.60. The standard InChI is InChI=1S/C29H24N4OS2/c1-2-3-4-7-16-34-26-10-6-5-9-23(26)33-24(28-11-8-17-35-28)12-13-25(33)29-15-14-27(36-29)22(20-32)21(18-30)19-31/h5-6,8-15,17H,2-4,7,16H2,1H3. The molecule has 0 spiro atoms. The molecule has 3 aromatic heterocycles.